The van der Waals surface area contributed by atoms with Gasteiger partial charge in [-0.1, -0.05) is 51.9 Å². The number of nitriles is 2. The second-order valence-electron chi connectivity index (χ2n) is 6.07. The maximum atomic E-state index is 11.6. The summed E-state index contributed by atoms with van der Waals surface area (Å²) < 4.78 is 5.21. The second kappa shape index (κ2) is 16.6. The third-order valence-corrected chi connectivity index (χ3v) is 3.79. The number of ether oxygens (including phenoxy) is 1. The smallest absolute Gasteiger partial charge is 0.305 e. The first-order chi connectivity index (χ1) is 12.1. The Kier molecular flexibility index (Phi) is 15.1. The maximum absolute atomic E-state index is 11.6. The van der Waals surface area contributed by atoms with Crippen LogP contribution in [0.2, 0.25) is 0 Å². The number of hydrogen-bond donors (Lipinski definition) is 0. The summed E-state index contributed by atoms with van der Waals surface area (Å²) in [4.78, 5) is 13.5. The Balaban J connectivity index is 3.63. The van der Waals surface area contributed by atoms with Gasteiger partial charge < -0.3 is 9.64 Å². The molecule has 0 atom stereocenters. The van der Waals surface area contributed by atoms with E-state index >= 15 is 0 Å². The van der Waals surface area contributed by atoms with Crippen LogP contribution >= 0.6 is 0 Å². The van der Waals surface area contributed by atoms with Crippen molar-refractivity contribution in [3.63, 3.8) is 0 Å². The molecule has 0 spiro atoms. The average Bonchev–Trinajstić information content (AvgIpc) is 2.61. The van der Waals surface area contributed by atoms with Crippen molar-refractivity contribution < 1.29 is 9.53 Å². The molecule has 0 saturated carbocycles. The van der Waals surface area contributed by atoms with E-state index in [9.17, 15) is 4.79 Å². The van der Waals surface area contributed by atoms with E-state index < -0.39 is 0 Å². The SMILES string of the molecule is CCCCCCCCCCC(=O)OCCN(C)/C=C/C=C(C#N)C#N. The van der Waals surface area contributed by atoms with Crippen molar-refractivity contribution >= 4 is 5.97 Å². The Morgan fingerprint density at radius 2 is 1.64 bits per heavy atom. The predicted octanol–water partition coefficient (Wildman–Crippen LogP) is 4.48. The van der Waals surface area contributed by atoms with Gasteiger partial charge >= 0.3 is 5.97 Å². The van der Waals surface area contributed by atoms with E-state index in [1.54, 1.807) is 24.4 Å². The molecule has 0 aromatic carbocycles. The number of rotatable bonds is 14. The summed E-state index contributed by atoms with van der Waals surface area (Å²) in [5.74, 6) is -0.139. The van der Waals surface area contributed by atoms with Gasteiger partial charge in [0.05, 0.1) is 6.54 Å². The van der Waals surface area contributed by atoms with Crippen LogP contribution < -0.4 is 0 Å². The predicted molar refractivity (Wildman–Crippen MR) is 99.3 cm³/mol. The summed E-state index contributed by atoms with van der Waals surface area (Å²) in [7, 11) is 1.84. The van der Waals surface area contributed by atoms with Gasteiger partial charge in [0.15, 0.2) is 0 Å². The molecule has 5 heteroatoms. The summed E-state index contributed by atoms with van der Waals surface area (Å²) in [6, 6.07) is 3.57. The molecule has 0 amide bonds. The Morgan fingerprint density at radius 1 is 1.04 bits per heavy atom. The van der Waals surface area contributed by atoms with E-state index in [0.29, 0.717) is 19.6 Å². The minimum absolute atomic E-state index is 0.0569. The molecule has 0 unspecified atom stereocenters. The monoisotopic (exact) mass is 345 g/mol. The molecule has 5 nitrogen and oxygen atoms in total. The molecule has 0 aliphatic rings. The average molecular weight is 345 g/mol. The molecule has 0 saturated heterocycles. The summed E-state index contributed by atoms with van der Waals surface area (Å²) in [6.45, 7) is 3.13. The molecule has 0 aliphatic heterocycles. The third-order valence-electron chi connectivity index (χ3n) is 3.79. The highest BCUT2D eigenvalue weighted by Gasteiger charge is 2.03. The highest BCUT2D eigenvalue weighted by molar-refractivity contribution is 5.69. The van der Waals surface area contributed by atoms with Crippen molar-refractivity contribution in [1.82, 2.24) is 4.90 Å². The van der Waals surface area contributed by atoms with E-state index in [4.69, 9.17) is 15.3 Å². The van der Waals surface area contributed by atoms with Crippen molar-refractivity contribution in [2.75, 3.05) is 20.2 Å². The Labute approximate surface area is 152 Å². The fourth-order valence-corrected chi connectivity index (χ4v) is 2.24. The zero-order valence-electron chi connectivity index (χ0n) is 15.7. The van der Waals surface area contributed by atoms with Crippen LogP contribution in [-0.2, 0) is 9.53 Å². The van der Waals surface area contributed by atoms with Crippen LogP contribution in [0.5, 0.6) is 0 Å². The lowest BCUT2D eigenvalue weighted by molar-refractivity contribution is -0.144. The number of likely N-dealkylation sites (N-methyl/N-ethyl adjacent to an activating group) is 1. The molecule has 0 rings (SSSR count). The number of allylic oxidation sites excluding steroid dienone is 3. The van der Waals surface area contributed by atoms with E-state index in [-0.39, 0.29) is 11.5 Å². The van der Waals surface area contributed by atoms with Gasteiger partial charge in [0.1, 0.15) is 24.3 Å². The van der Waals surface area contributed by atoms with Crippen molar-refractivity contribution in [1.29, 1.82) is 10.5 Å². The van der Waals surface area contributed by atoms with E-state index in [2.05, 4.69) is 6.92 Å². The molecular weight excluding hydrogens is 314 g/mol. The van der Waals surface area contributed by atoms with Gasteiger partial charge in [-0.25, -0.2) is 0 Å². The molecule has 0 aromatic rings. The van der Waals surface area contributed by atoms with Crippen LogP contribution in [0.4, 0.5) is 0 Å². The number of nitrogens with zero attached hydrogens (tertiary/aromatic N) is 3. The molecular formula is C20H31N3O2. The van der Waals surface area contributed by atoms with Crippen molar-refractivity contribution in [2.24, 2.45) is 0 Å². The highest BCUT2D eigenvalue weighted by atomic mass is 16.5. The van der Waals surface area contributed by atoms with Gasteiger partial charge in [0.2, 0.25) is 0 Å². The summed E-state index contributed by atoms with van der Waals surface area (Å²) in [5, 5.41) is 17.2. The van der Waals surface area contributed by atoms with E-state index in [0.717, 1.165) is 12.8 Å². The minimum atomic E-state index is -0.139. The van der Waals surface area contributed by atoms with Crippen LogP contribution in [0, 0.1) is 22.7 Å². The van der Waals surface area contributed by atoms with Gasteiger partial charge in [-0.15, -0.1) is 0 Å². The van der Waals surface area contributed by atoms with Gasteiger partial charge in [-0.3, -0.25) is 4.79 Å². The Bertz CT molecular complexity index is 482. The second-order valence-corrected chi connectivity index (χ2v) is 6.07. The molecule has 0 aromatic heterocycles. The fraction of sp³-hybridized carbons (Fsp3) is 0.650. The molecule has 0 aliphatic carbocycles. The third kappa shape index (κ3) is 15.0. The number of carbonyl (C=O) groups excluding carboxylic acids is 1. The number of carbonyl (C=O) groups is 1. The minimum Gasteiger partial charge on any atom is -0.464 e. The van der Waals surface area contributed by atoms with Crippen LogP contribution in [-0.4, -0.2) is 31.1 Å². The molecule has 0 fully saturated rings. The van der Waals surface area contributed by atoms with Crippen molar-refractivity contribution in [2.45, 2.75) is 64.7 Å². The largest absolute Gasteiger partial charge is 0.464 e. The zero-order chi connectivity index (χ0) is 18.8. The van der Waals surface area contributed by atoms with Crippen molar-refractivity contribution in [3.8, 4) is 12.1 Å². The molecule has 0 bridgehead atoms. The number of hydrogen-bond acceptors (Lipinski definition) is 5. The lowest BCUT2D eigenvalue weighted by Crippen LogP contribution is -2.19. The molecule has 0 N–H and O–H groups in total. The van der Waals surface area contributed by atoms with Crippen LogP contribution in [0.3, 0.4) is 0 Å². The van der Waals surface area contributed by atoms with Gasteiger partial charge in [0, 0.05) is 13.5 Å². The van der Waals surface area contributed by atoms with Crippen molar-refractivity contribution in [3.05, 3.63) is 23.9 Å². The normalized spacial score (nSPS) is 10.1. The summed E-state index contributed by atoms with van der Waals surface area (Å²) >= 11 is 0. The van der Waals surface area contributed by atoms with E-state index in [1.165, 1.54) is 44.6 Å². The first kappa shape index (κ1) is 22.7. The Morgan fingerprint density at radius 3 is 2.24 bits per heavy atom. The first-order valence-corrected chi connectivity index (χ1v) is 9.18. The van der Waals surface area contributed by atoms with Gasteiger partial charge in [0.25, 0.3) is 0 Å². The zero-order valence-corrected chi connectivity index (χ0v) is 15.7. The molecule has 0 heterocycles. The van der Waals surface area contributed by atoms with Crippen LogP contribution in [0.1, 0.15) is 64.7 Å². The van der Waals surface area contributed by atoms with Gasteiger partial charge in [-0.05, 0) is 24.8 Å². The fourth-order valence-electron chi connectivity index (χ4n) is 2.24. The molecule has 25 heavy (non-hydrogen) atoms. The van der Waals surface area contributed by atoms with Crippen LogP contribution in [0.15, 0.2) is 23.9 Å². The maximum Gasteiger partial charge on any atom is 0.305 e. The topological polar surface area (TPSA) is 77.1 Å². The van der Waals surface area contributed by atoms with Crippen LogP contribution in [0.25, 0.3) is 0 Å². The molecule has 0 radical (unpaired) electrons. The van der Waals surface area contributed by atoms with E-state index in [1.807, 2.05) is 11.9 Å². The lowest BCUT2D eigenvalue weighted by atomic mass is 10.1. The standard InChI is InChI=1S/C20H31N3O2/c1-3-4-5-6-7-8-9-10-13-20(24)25-16-15-23(2)14-11-12-19(17-21)18-22/h11-12,14H,3-10,13,15-16H2,1-2H3/b14-11+. The lowest BCUT2D eigenvalue weighted by Gasteiger charge is -2.13. The Hall–Kier alpha value is -2.27. The number of esters is 1. The van der Waals surface area contributed by atoms with Gasteiger partial charge in [-0.2, -0.15) is 10.5 Å². The molecule has 138 valence electrons. The summed E-state index contributed by atoms with van der Waals surface area (Å²) in [6.07, 6.45) is 15.0. The number of unbranched alkanes of at least 4 members (excludes halogenated alkanes) is 7. The summed E-state index contributed by atoms with van der Waals surface area (Å²) in [5.41, 5.74) is 0.0569. The quantitative estimate of drug-likeness (QED) is 0.201. The highest BCUT2D eigenvalue weighted by Crippen LogP contribution is 2.09. The first-order valence-electron chi connectivity index (χ1n) is 9.18.